The second-order valence-electron chi connectivity index (χ2n) is 18.1. The summed E-state index contributed by atoms with van der Waals surface area (Å²) in [6.45, 7) is 6.32. The maximum absolute atomic E-state index is 15.9. The summed E-state index contributed by atoms with van der Waals surface area (Å²) in [7, 11) is -0.467. The number of anilines is 3. The van der Waals surface area contributed by atoms with E-state index < -0.39 is 63.5 Å². The van der Waals surface area contributed by atoms with E-state index in [0.717, 1.165) is 97.6 Å². The summed E-state index contributed by atoms with van der Waals surface area (Å²) in [6, 6.07) is 16.7. The highest BCUT2D eigenvalue weighted by Crippen LogP contribution is 2.35. The van der Waals surface area contributed by atoms with Crippen LogP contribution in [-0.4, -0.2) is 127 Å². The number of imide groups is 1. The molecule has 3 amide bonds. The minimum atomic E-state index is -4.37. The zero-order valence-electron chi connectivity index (χ0n) is 36.6. The maximum Gasteiger partial charge on any atom is 0.301 e. The molecule has 3 aromatic carbocycles. The number of piperidine rings is 2. The SMILES string of the molecule is [CH2]n1cc(C(=O)c2c(F)ccc(NS(=O)(=O)N3CC[C@@H](F)C3)c2F)c2cc(-c3ccc(N4CCN(CC5CCN(c6ccc7c(c6)CN(C6CCC(=O)NC6=O)C7=O)CC5)CC4)cc3)cnc21. The van der Waals surface area contributed by atoms with Crippen LogP contribution in [0.1, 0.15) is 63.9 Å². The van der Waals surface area contributed by atoms with Crippen molar-refractivity contribution in [3.8, 4) is 11.1 Å². The zero-order valence-corrected chi connectivity index (χ0v) is 37.4. The van der Waals surface area contributed by atoms with Crippen LogP contribution in [0.2, 0.25) is 0 Å². The van der Waals surface area contributed by atoms with Crippen LogP contribution in [-0.2, 0) is 26.3 Å². The van der Waals surface area contributed by atoms with Crippen LogP contribution in [0.5, 0.6) is 0 Å². The van der Waals surface area contributed by atoms with E-state index in [1.54, 1.807) is 17.2 Å². The number of halogens is 3. The summed E-state index contributed by atoms with van der Waals surface area (Å²) in [5.74, 6) is -3.90. The molecule has 19 heteroatoms. The van der Waals surface area contributed by atoms with E-state index in [4.69, 9.17) is 0 Å². The number of benzene rings is 3. The molecule has 349 valence electrons. The summed E-state index contributed by atoms with van der Waals surface area (Å²) in [4.78, 5) is 64.6. The normalized spacial score (nSPS) is 21.1. The molecule has 4 saturated heterocycles. The third-order valence-electron chi connectivity index (χ3n) is 13.9. The first kappa shape index (κ1) is 44.5. The average molecular weight is 937 g/mol. The van der Waals surface area contributed by atoms with Gasteiger partial charge in [0.05, 0.1) is 11.3 Å². The molecule has 2 N–H and O–H groups in total. The van der Waals surface area contributed by atoms with Gasteiger partial charge in [0, 0.05) is 125 Å². The monoisotopic (exact) mass is 936 g/mol. The largest absolute Gasteiger partial charge is 0.372 e. The number of pyridine rings is 1. The van der Waals surface area contributed by atoms with Crippen molar-refractivity contribution in [2.24, 2.45) is 5.92 Å². The topological polar surface area (TPSA) is 160 Å². The number of piperazine rings is 1. The highest BCUT2D eigenvalue weighted by atomic mass is 32.2. The predicted molar refractivity (Wildman–Crippen MR) is 245 cm³/mol. The highest BCUT2D eigenvalue weighted by Gasteiger charge is 2.40. The number of rotatable bonds is 11. The van der Waals surface area contributed by atoms with Crippen LogP contribution in [0.25, 0.3) is 22.2 Å². The average Bonchev–Trinajstić information content (AvgIpc) is 4.02. The molecule has 15 nitrogen and oxygen atoms in total. The van der Waals surface area contributed by atoms with E-state index in [-0.39, 0.29) is 36.8 Å². The van der Waals surface area contributed by atoms with Gasteiger partial charge >= 0.3 is 10.2 Å². The molecule has 4 fully saturated rings. The van der Waals surface area contributed by atoms with Crippen LogP contribution in [0, 0.1) is 24.6 Å². The fourth-order valence-electron chi connectivity index (χ4n) is 10.1. The van der Waals surface area contributed by atoms with Gasteiger partial charge in [0.15, 0.2) is 5.82 Å². The molecule has 5 aromatic rings. The predicted octanol–water partition coefficient (Wildman–Crippen LogP) is 5.35. The summed E-state index contributed by atoms with van der Waals surface area (Å²) >= 11 is 0. The van der Waals surface area contributed by atoms with E-state index in [0.29, 0.717) is 41.0 Å². The number of ketones is 1. The first-order valence-electron chi connectivity index (χ1n) is 22.6. The first-order valence-corrected chi connectivity index (χ1v) is 24.0. The Kier molecular flexibility index (Phi) is 11.8. The van der Waals surface area contributed by atoms with Gasteiger partial charge in [-0.1, -0.05) is 12.1 Å². The molecule has 7 heterocycles. The second-order valence-corrected chi connectivity index (χ2v) is 19.7. The Labute approximate surface area is 385 Å². The van der Waals surface area contributed by atoms with Crippen molar-refractivity contribution in [3.63, 3.8) is 0 Å². The van der Waals surface area contributed by atoms with Crippen molar-refractivity contribution < 1.29 is 40.8 Å². The number of alkyl halides is 1. The Morgan fingerprint density at radius 1 is 0.851 bits per heavy atom. The summed E-state index contributed by atoms with van der Waals surface area (Å²) in [5.41, 5.74) is 3.80. The number of carbonyl (C=O) groups is 4. The van der Waals surface area contributed by atoms with Crippen LogP contribution in [0.3, 0.4) is 0 Å². The molecule has 10 rings (SSSR count). The van der Waals surface area contributed by atoms with Crippen LogP contribution in [0.4, 0.5) is 30.2 Å². The van der Waals surface area contributed by atoms with Gasteiger partial charge in [-0.05, 0) is 91.3 Å². The Morgan fingerprint density at radius 2 is 1.58 bits per heavy atom. The van der Waals surface area contributed by atoms with Crippen molar-refractivity contribution in [2.45, 2.75) is 50.9 Å². The van der Waals surface area contributed by atoms with Gasteiger partial charge in [-0.15, -0.1) is 0 Å². The number of nitrogens with zero attached hydrogens (tertiary/aromatic N) is 7. The van der Waals surface area contributed by atoms with Crippen LogP contribution < -0.4 is 19.8 Å². The van der Waals surface area contributed by atoms with E-state index in [9.17, 15) is 32.0 Å². The Hall–Kier alpha value is -6.31. The fourth-order valence-corrected chi connectivity index (χ4v) is 11.4. The van der Waals surface area contributed by atoms with Crippen molar-refractivity contribution in [2.75, 3.05) is 73.4 Å². The summed E-state index contributed by atoms with van der Waals surface area (Å²) in [6.07, 6.45) is 4.30. The maximum atomic E-state index is 15.9. The van der Waals surface area contributed by atoms with Gasteiger partial charge in [-0.2, -0.15) is 12.7 Å². The lowest BCUT2D eigenvalue weighted by Gasteiger charge is -2.40. The summed E-state index contributed by atoms with van der Waals surface area (Å²) in [5, 5.41) is 2.67. The van der Waals surface area contributed by atoms with Crippen molar-refractivity contribution in [3.05, 3.63) is 114 Å². The molecule has 0 spiro atoms. The molecule has 1 unspecified atom stereocenters. The molecule has 0 aliphatic carbocycles. The lowest BCUT2D eigenvalue weighted by Crippen LogP contribution is -2.52. The number of nitrogens with one attached hydrogen (secondary N) is 2. The minimum absolute atomic E-state index is 0.00197. The number of carbonyl (C=O) groups excluding carboxylic acids is 4. The van der Waals surface area contributed by atoms with Gasteiger partial charge in [0.2, 0.25) is 17.6 Å². The Bertz CT molecular complexity index is 2920. The van der Waals surface area contributed by atoms with Gasteiger partial charge in [-0.3, -0.25) is 34.1 Å². The van der Waals surface area contributed by atoms with E-state index >= 15 is 8.78 Å². The number of fused-ring (bicyclic) bond motifs is 2. The van der Waals surface area contributed by atoms with Crippen LogP contribution >= 0.6 is 0 Å². The molecular weight excluding hydrogens is 888 g/mol. The molecule has 5 aliphatic rings. The molecule has 5 aliphatic heterocycles. The molecule has 2 atom stereocenters. The van der Waals surface area contributed by atoms with Gasteiger partial charge < -0.3 is 19.3 Å². The van der Waals surface area contributed by atoms with Gasteiger partial charge in [-0.25, -0.2) is 18.2 Å². The molecule has 0 saturated carbocycles. The molecule has 67 heavy (non-hydrogen) atoms. The minimum Gasteiger partial charge on any atom is -0.372 e. The second kappa shape index (κ2) is 17.7. The molecule has 1 radical (unpaired) electrons. The van der Waals surface area contributed by atoms with Crippen LogP contribution in [0.15, 0.2) is 73.1 Å². The number of amides is 3. The Balaban J connectivity index is 0.740. The Morgan fingerprint density at radius 3 is 2.30 bits per heavy atom. The lowest BCUT2D eigenvalue weighted by molar-refractivity contribution is -0.136. The number of hydrogen-bond acceptors (Lipinski definition) is 10. The third-order valence-corrected chi connectivity index (χ3v) is 15.4. The van der Waals surface area contributed by atoms with E-state index in [1.165, 1.54) is 10.8 Å². The van der Waals surface area contributed by atoms with Crippen molar-refractivity contribution in [1.82, 2.24) is 29.0 Å². The first-order chi connectivity index (χ1) is 32.2. The third kappa shape index (κ3) is 8.63. The fraction of sp³-hybridized carbons (Fsp3) is 0.375. The molecule has 2 aromatic heterocycles. The summed E-state index contributed by atoms with van der Waals surface area (Å²) < 4.78 is 74.7. The van der Waals surface area contributed by atoms with Gasteiger partial charge in [0.1, 0.15) is 23.7 Å². The van der Waals surface area contributed by atoms with Gasteiger partial charge in [0.25, 0.3) is 5.91 Å². The molecular formula is C48H49F3N9O6S. The number of aromatic nitrogens is 2. The lowest BCUT2D eigenvalue weighted by atomic mass is 9.95. The highest BCUT2D eigenvalue weighted by molar-refractivity contribution is 7.90. The van der Waals surface area contributed by atoms with E-state index in [1.807, 2.05) is 41.1 Å². The quantitative estimate of drug-likeness (QED) is 0.131. The standard InChI is InChI=1S/C48H49F3N9O6S/c1-55-28-38(45(62)43-39(50)8-9-40(44(43)51)54-67(65,66)59-17-14-33(49)27-59)37-23-31(24-52-46(37)55)30-2-4-34(5-3-30)58-20-18-56(19-21-58)25-29-12-15-57(16-13-29)35-6-7-36-32(22-35)26-60(48(36)64)41-10-11-42(61)53-47(41)63/h2-9,22-24,28-29,33,41,54H,1,10-21,25-27H2,(H,53,61,63)/t33-,41?/m1/s1. The van der Waals surface area contributed by atoms with Crippen molar-refractivity contribution in [1.29, 1.82) is 0 Å². The van der Waals surface area contributed by atoms with E-state index in [2.05, 4.69) is 38.1 Å². The van der Waals surface area contributed by atoms with Crippen molar-refractivity contribution >= 4 is 61.8 Å². The zero-order chi connectivity index (χ0) is 46.7. The number of hydrogen-bond donors (Lipinski definition) is 2. The molecule has 0 bridgehead atoms. The smallest absolute Gasteiger partial charge is 0.301 e.